The Hall–Kier alpha value is -2.98. The van der Waals surface area contributed by atoms with Crippen molar-refractivity contribution in [2.75, 3.05) is 18.5 Å². The summed E-state index contributed by atoms with van der Waals surface area (Å²) in [7, 11) is 0. The molecule has 7 nitrogen and oxygen atoms in total. The second kappa shape index (κ2) is 8.92. The zero-order chi connectivity index (χ0) is 19.1. The highest BCUT2D eigenvalue weighted by molar-refractivity contribution is 6.32. The van der Waals surface area contributed by atoms with E-state index in [0.717, 1.165) is 0 Å². The lowest BCUT2D eigenvalue weighted by molar-refractivity contribution is -0.112. The standard InChI is InChI=1S/C18H18ClN3O4/c1-4-24-15-9-12(8-14(19)17(15)25-5-2)7-13(10-20)18(23)21-16-6-11(3)26-22-16/h6-9H,4-5H2,1-3H3,(H,21,22,23)/b13-7-. The quantitative estimate of drug-likeness (QED) is 0.580. The third kappa shape index (κ3) is 4.77. The molecule has 0 radical (unpaired) electrons. The van der Waals surface area contributed by atoms with Crippen LogP contribution in [0.5, 0.6) is 11.5 Å². The van der Waals surface area contributed by atoms with Gasteiger partial charge >= 0.3 is 0 Å². The van der Waals surface area contributed by atoms with Crippen LogP contribution in [0.4, 0.5) is 5.82 Å². The van der Waals surface area contributed by atoms with Crippen molar-refractivity contribution in [2.24, 2.45) is 0 Å². The maximum absolute atomic E-state index is 12.2. The minimum atomic E-state index is -0.608. The Morgan fingerprint density at radius 1 is 1.35 bits per heavy atom. The molecule has 0 saturated heterocycles. The molecule has 0 spiro atoms. The van der Waals surface area contributed by atoms with Gasteiger partial charge in [-0.05, 0) is 44.5 Å². The Morgan fingerprint density at radius 2 is 2.08 bits per heavy atom. The third-order valence-corrected chi connectivity index (χ3v) is 3.45. The molecule has 26 heavy (non-hydrogen) atoms. The molecule has 1 heterocycles. The van der Waals surface area contributed by atoms with Gasteiger partial charge in [0, 0.05) is 6.07 Å². The highest BCUT2D eigenvalue weighted by Crippen LogP contribution is 2.37. The number of nitriles is 1. The number of ether oxygens (including phenoxy) is 2. The van der Waals surface area contributed by atoms with Crippen LogP contribution in [-0.2, 0) is 4.79 Å². The zero-order valence-electron chi connectivity index (χ0n) is 14.6. The van der Waals surface area contributed by atoms with Crippen LogP contribution in [0.2, 0.25) is 5.02 Å². The summed E-state index contributed by atoms with van der Waals surface area (Å²) >= 11 is 6.25. The number of aryl methyl sites for hydroxylation is 1. The molecule has 8 heteroatoms. The first-order valence-corrected chi connectivity index (χ1v) is 8.31. The lowest BCUT2D eigenvalue weighted by Crippen LogP contribution is -2.13. The van der Waals surface area contributed by atoms with Gasteiger partial charge in [-0.15, -0.1) is 0 Å². The number of benzene rings is 1. The van der Waals surface area contributed by atoms with Crippen LogP contribution >= 0.6 is 11.6 Å². The van der Waals surface area contributed by atoms with Crippen LogP contribution in [-0.4, -0.2) is 24.3 Å². The zero-order valence-corrected chi connectivity index (χ0v) is 15.4. The van der Waals surface area contributed by atoms with Crippen LogP contribution in [0.3, 0.4) is 0 Å². The van der Waals surface area contributed by atoms with E-state index in [0.29, 0.717) is 41.1 Å². The average molecular weight is 376 g/mol. The Kier molecular flexibility index (Phi) is 6.64. The number of carbonyl (C=O) groups excluding carboxylic acids is 1. The van der Waals surface area contributed by atoms with Crippen molar-refractivity contribution in [3.05, 3.63) is 40.1 Å². The largest absolute Gasteiger partial charge is 0.490 e. The smallest absolute Gasteiger partial charge is 0.267 e. The Bertz CT molecular complexity index is 868. The number of aromatic nitrogens is 1. The van der Waals surface area contributed by atoms with Gasteiger partial charge in [0.25, 0.3) is 5.91 Å². The molecule has 0 aliphatic rings. The van der Waals surface area contributed by atoms with E-state index in [4.69, 9.17) is 25.6 Å². The first-order chi connectivity index (χ1) is 12.5. The fourth-order valence-electron chi connectivity index (χ4n) is 2.14. The summed E-state index contributed by atoms with van der Waals surface area (Å²) in [5.41, 5.74) is 0.415. The second-order valence-electron chi connectivity index (χ2n) is 5.14. The molecule has 0 saturated carbocycles. The number of rotatable bonds is 7. The number of anilines is 1. The lowest BCUT2D eigenvalue weighted by Gasteiger charge is -2.13. The van der Waals surface area contributed by atoms with E-state index in [1.54, 1.807) is 25.1 Å². The number of amides is 1. The Labute approximate surface area is 156 Å². The van der Waals surface area contributed by atoms with E-state index in [1.807, 2.05) is 19.9 Å². The lowest BCUT2D eigenvalue weighted by atomic mass is 10.1. The molecular weight excluding hydrogens is 358 g/mol. The van der Waals surface area contributed by atoms with Gasteiger partial charge in [-0.1, -0.05) is 16.8 Å². The molecule has 1 N–H and O–H groups in total. The van der Waals surface area contributed by atoms with Crippen LogP contribution in [0.15, 0.2) is 28.3 Å². The van der Waals surface area contributed by atoms with E-state index in [2.05, 4.69) is 10.5 Å². The number of nitrogens with zero attached hydrogens (tertiary/aromatic N) is 2. The molecule has 0 aliphatic carbocycles. The van der Waals surface area contributed by atoms with Gasteiger partial charge in [0.1, 0.15) is 17.4 Å². The first-order valence-electron chi connectivity index (χ1n) is 7.94. The van der Waals surface area contributed by atoms with Gasteiger partial charge in [0.15, 0.2) is 17.3 Å². The van der Waals surface area contributed by atoms with E-state index in [1.165, 1.54) is 6.08 Å². The molecule has 0 unspecified atom stereocenters. The molecule has 1 aromatic carbocycles. The number of hydrogen-bond acceptors (Lipinski definition) is 6. The SMILES string of the molecule is CCOc1cc(/C=C(/C#N)C(=O)Nc2cc(C)on2)cc(Cl)c1OCC. The number of hydrogen-bond donors (Lipinski definition) is 1. The van der Waals surface area contributed by atoms with Crippen molar-refractivity contribution in [1.29, 1.82) is 5.26 Å². The van der Waals surface area contributed by atoms with Gasteiger partial charge in [-0.2, -0.15) is 5.26 Å². The maximum atomic E-state index is 12.2. The van der Waals surface area contributed by atoms with Crippen molar-refractivity contribution >= 4 is 29.4 Å². The highest BCUT2D eigenvalue weighted by Gasteiger charge is 2.15. The minimum Gasteiger partial charge on any atom is -0.490 e. The molecule has 1 amide bonds. The molecule has 0 bridgehead atoms. The van der Waals surface area contributed by atoms with E-state index >= 15 is 0 Å². The van der Waals surface area contributed by atoms with Gasteiger partial charge in [0.2, 0.25) is 0 Å². The summed E-state index contributed by atoms with van der Waals surface area (Å²) in [4.78, 5) is 12.2. The third-order valence-electron chi connectivity index (χ3n) is 3.17. The topological polar surface area (TPSA) is 97.4 Å². The van der Waals surface area contributed by atoms with E-state index in [-0.39, 0.29) is 11.4 Å². The van der Waals surface area contributed by atoms with Crippen molar-refractivity contribution in [3.63, 3.8) is 0 Å². The van der Waals surface area contributed by atoms with Gasteiger partial charge < -0.3 is 19.3 Å². The molecule has 136 valence electrons. The fraction of sp³-hybridized carbons (Fsp3) is 0.278. The summed E-state index contributed by atoms with van der Waals surface area (Å²) in [5.74, 6) is 1.03. The van der Waals surface area contributed by atoms with Crippen molar-refractivity contribution in [1.82, 2.24) is 5.16 Å². The van der Waals surface area contributed by atoms with Gasteiger partial charge in [-0.25, -0.2) is 0 Å². The van der Waals surface area contributed by atoms with Gasteiger partial charge in [-0.3, -0.25) is 4.79 Å². The summed E-state index contributed by atoms with van der Waals surface area (Å²) in [6, 6.07) is 6.67. The van der Waals surface area contributed by atoms with E-state index in [9.17, 15) is 10.1 Å². The average Bonchev–Trinajstić information content (AvgIpc) is 3.00. The summed E-state index contributed by atoms with van der Waals surface area (Å²) in [6.45, 7) is 6.21. The molecular formula is C18H18ClN3O4. The molecule has 1 aromatic heterocycles. The summed E-state index contributed by atoms with van der Waals surface area (Å²) < 4.78 is 15.9. The number of carbonyl (C=O) groups is 1. The second-order valence-corrected chi connectivity index (χ2v) is 5.55. The molecule has 2 rings (SSSR count). The Morgan fingerprint density at radius 3 is 2.65 bits per heavy atom. The molecule has 2 aromatic rings. The van der Waals surface area contributed by atoms with E-state index < -0.39 is 5.91 Å². The predicted octanol–water partition coefficient (Wildman–Crippen LogP) is 3.98. The van der Waals surface area contributed by atoms with Crippen LogP contribution < -0.4 is 14.8 Å². The predicted molar refractivity (Wildman–Crippen MR) is 97.2 cm³/mol. The van der Waals surface area contributed by atoms with Crippen molar-refractivity contribution in [2.45, 2.75) is 20.8 Å². The van der Waals surface area contributed by atoms with Crippen LogP contribution in [0.1, 0.15) is 25.2 Å². The Balaban J connectivity index is 2.32. The normalized spacial score (nSPS) is 11.0. The summed E-state index contributed by atoms with van der Waals surface area (Å²) in [5, 5.41) is 15.8. The molecule has 0 aliphatic heterocycles. The van der Waals surface area contributed by atoms with Crippen LogP contribution in [0.25, 0.3) is 6.08 Å². The minimum absolute atomic E-state index is 0.117. The van der Waals surface area contributed by atoms with Crippen molar-refractivity contribution in [3.8, 4) is 17.6 Å². The number of nitrogens with one attached hydrogen (secondary N) is 1. The van der Waals surface area contributed by atoms with Gasteiger partial charge in [0.05, 0.1) is 18.2 Å². The number of halogens is 1. The monoisotopic (exact) mass is 375 g/mol. The van der Waals surface area contributed by atoms with Crippen molar-refractivity contribution < 1.29 is 18.8 Å². The molecule has 0 atom stereocenters. The first kappa shape index (κ1) is 19.3. The fourth-order valence-corrected chi connectivity index (χ4v) is 2.42. The molecule has 0 fully saturated rings. The highest BCUT2D eigenvalue weighted by atomic mass is 35.5. The summed E-state index contributed by atoms with van der Waals surface area (Å²) in [6.07, 6.45) is 1.41. The van der Waals surface area contributed by atoms with Crippen LogP contribution in [0, 0.1) is 18.3 Å². The maximum Gasteiger partial charge on any atom is 0.267 e.